The summed E-state index contributed by atoms with van der Waals surface area (Å²) in [6, 6.07) is 8.24. The van der Waals surface area contributed by atoms with Crippen LogP contribution in [-0.2, 0) is 12.8 Å². The number of aromatic amines is 1. The lowest BCUT2D eigenvalue weighted by Crippen LogP contribution is -2.14. The monoisotopic (exact) mass is 285 g/mol. The van der Waals surface area contributed by atoms with Crippen LogP contribution in [0.5, 0.6) is 5.75 Å². The molecule has 1 aromatic heterocycles. The van der Waals surface area contributed by atoms with Gasteiger partial charge in [-0.05, 0) is 61.4 Å². The maximum absolute atomic E-state index is 5.78. The highest BCUT2D eigenvalue weighted by atomic mass is 16.5. The van der Waals surface area contributed by atoms with E-state index in [0.29, 0.717) is 5.92 Å². The summed E-state index contributed by atoms with van der Waals surface area (Å²) >= 11 is 0. The summed E-state index contributed by atoms with van der Waals surface area (Å²) in [4.78, 5) is 0. The van der Waals surface area contributed by atoms with Crippen LogP contribution in [0.1, 0.15) is 47.7 Å². The number of nitrogens with two attached hydrogens (primary N) is 1. The Morgan fingerprint density at radius 3 is 2.86 bits per heavy atom. The molecule has 0 aliphatic heterocycles. The quantitative estimate of drug-likeness (QED) is 0.888. The first-order valence-electron chi connectivity index (χ1n) is 7.71. The summed E-state index contributed by atoms with van der Waals surface area (Å²) in [5.41, 5.74) is 11.0. The van der Waals surface area contributed by atoms with Crippen LogP contribution in [0.25, 0.3) is 0 Å². The van der Waals surface area contributed by atoms with E-state index >= 15 is 0 Å². The molecule has 2 aromatic rings. The van der Waals surface area contributed by atoms with Crippen molar-refractivity contribution >= 4 is 0 Å². The molecule has 0 fully saturated rings. The van der Waals surface area contributed by atoms with Crippen LogP contribution in [0, 0.1) is 0 Å². The standard InChI is InChI=1S/C17H23N3O/c1-21-14-7-5-12(6-8-14)11-16-17-13(9-10-18)3-2-4-15(17)19-20-16/h5-8,13H,2-4,9-11,18H2,1H3,(H,19,20). The minimum Gasteiger partial charge on any atom is -0.497 e. The first kappa shape index (κ1) is 14.1. The summed E-state index contributed by atoms with van der Waals surface area (Å²) in [6.45, 7) is 0.747. The molecule has 4 nitrogen and oxygen atoms in total. The van der Waals surface area contributed by atoms with Crippen LogP contribution >= 0.6 is 0 Å². The SMILES string of the molecule is COc1ccc(Cc2n[nH]c3c2C(CCN)CCC3)cc1. The van der Waals surface area contributed by atoms with Crippen molar-refractivity contribution in [3.8, 4) is 5.75 Å². The fourth-order valence-corrected chi connectivity index (χ4v) is 3.33. The van der Waals surface area contributed by atoms with Gasteiger partial charge >= 0.3 is 0 Å². The van der Waals surface area contributed by atoms with E-state index in [1.807, 2.05) is 12.1 Å². The summed E-state index contributed by atoms with van der Waals surface area (Å²) in [5, 5.41) is 7.81. The van der Waals surface area contributed by atoms with Gasteiger partial charge < -0.3 is 10.5 Å². The van der Waals surface area contributed by atoms with Crippen molar-refractivity contribution in [1.82, 2.24) is 10.2 Å². The second-order valence-corrected chi connectivity index (χ2v) is 5.75. The fraction of sp³-hybridized carbons (Fsp3) is 0.471. The van der Waals surface area contributed by atoms with Gasteiger partial charge in [0.15, 0.2) is 0 Å². The van der Waals surface area contributed by atoms with Gasteiger partial charge in [0, 0.05) is 12.1 Å². The normalized spacial score (nSPS) is 17.5. The van der Waals surface area contributed by atoms with Gasteiger partial charge in [0.2, 0.25) is 0 Å². The van der Waals surface area contributed by atoms with E-state index in [9.17, 15) is 0 Å². The van der Waals surface area contributed by atoms with Crippen LogP contribution in [0.3, 0.4) is 0 Å². The Hall–Kier alpha value is -1.81. The molecule has 4 heteroatoms. The molecular weight excluding hydrogens is 262 g/mol. The fourth-order valence-electron chi connectivity index (χ4n) is 3.33. The molecule has 0 bridgehead atoms. The van der Waals surface area contributed by atoms with Gasteiger partial charge in [-0.25, -0.2) is 0 Å². The first-order valence-corrected chi connectivity index (χ1v) is 7.71. The number of H-pyrrole nitrogens is 1. The Kier molecular flexibility index (Phi) is 4.25. The molecule has 0 saturated heterocycles. The number of aryl methyl sites for hydroxylation is 1. The summed E-state index contributed by atoms with van der Waals surface area (Å²) in [6.07, 6.45) is 5.52. The van der Waals surface area contributed by atoms with Crippen molar-refractivity contribution in [3.63, 3.8) is 0 Å². The average molecular weight is 285 g/mol. The van der Waals surface area contributed by atoms with Crippen molar-refractivity contribution in [1.29, 1.82) is 0 Å². The van der Waals surface area contributed by atoms with E-state index in [2.05, 4.69) is 22.3 Å². The zero-order valence-electron chi connectivity index (χ0n) is 12.6. The number of benzene rings is 1. The third kappa shape index (κ3) is 2.95. The van der Waals surface area contributed by atoms with Gasteiger partial charge in [-0.3, -0.25) is 5.10 Å². The van der Waals surface area contributed by atoms with Crippen LogP contribution in [0.4, 0.5) is 0 Å². The van der Waals surface area contributed by atoms with E-state index in [1.54, 1.807) is 7.11 Å². The number of rotatable bonds is 5. The second-order valence-electron chi connectivity index (χ2n) is 5.75. The maximum atomic E-state index is 5.78. The molecule has 1 aromatic carbocycles. The summed E-state index contributed by atoms with van der Waals surface area (Å²) in [7, 11) is 1.69. The van der Waals surface area contributed by atoms with Gasteiger partial charge in [-0.15, -0.1) is 0 Å². The molecular formula is C17H23N3O. The Morgan fingerprint density at radius 1 is 1.33 bits per heavy atom. The zero-order chi connectivity index (χ0) is 14.7. The molecule has 1 aliphatic carbocycles. The molecule has 3 rings (SSSR count). The van der Waals surface area contributed by atoms with Gasteiger partial charge in [0.1, 0.15) is 5.75 Å². The van der Waals surface area contributed by atoms with Crippen molar-refractivity contribution in [2.45, 2.75) is 38.0 Å². The van der Waals surface area contributed by atoms with Gasteiger partial charge in [0.25, 0.3) is 0 Å². The van der Waals surface area contributed by atoms with Crippen LogP contribution in [0.2, 0.25) is 0 Å². The average Bonchev–Trinajstić information content (AvgIpc) is 2.93. The minimum absolute atomic E-state index is 0.575. The van der Waals surface area contributed by atoms with E-state index in [0.717, 1.165) is 31.6 Å². The Morgan fingerprint density at radius 2 is 2.14 bits per heavy atom. The molecule has 1 atom stereocenters. The second kappa shape index (κ2) is 6.31. The van der Waals surface area contributed by atoms with Gasteiger partial charge in [0.05, 0.1) is 12.8 Å². The highest BCUT2D eigenvalue weighted by Gasteiger charge is 2.25. The number of nitrogens with one attached hydrogen (secondary N) is 1. The van der Waals surface area contributed by atoms with E-state index < -0.39 is 0 Å². The highest BCUT2D eigenvalue weighted by molar-refractivity contribution is 5.36. The molecule has 1 aliphatic rings. The van der Waals surface area contributed by atoms with Gasteiger partial charge in [-0.1, -0.05) is 12.1 Å². The number of aromatic nitrogens is 2. The third-order valence-corrected chi connectivity index (χ3v) is 4.40. The minimum atomic E-state index is 0.575. The van der Waals surface area contributed by atoms with Crippen molar-refractivity contribution in [3.05, 3.63) is 46.8 Å². The van der Waals surface area contributed by atoms with Crippen LogP contribution < -0.4 is 10.5 Å². The lowest BCUT2D eigenvalue weighted by atomic mass is 9.82. The topological polar surface area (TPSA) is 63.9 Å². The molecule has 1 heterocycles. The van der Waals surface area contributed by atoms with Crippen LogP contribution in [0.15, 0.2) is 24.3 Å². The molecule has 0 spiro atoms. The van der Waals surface area contributed by atoms with E-state index in [1.165, 1.54) is 35.4 Å². The number of hydrogen-bond donors (Lipinski definition) is 2. The van der Waals surface area contributed by atoms with Gasteiger partial charge in [-0.2, -0.15) is 5.10 Å². The number of nitrogens with zero attached hydrogens (tertiary/aromatic N) is 1. The Bertz CT molecular complexity index is 589. The molecule has 0 saturated carbocycles. The predicted molar refractivity (Wildman–Crippen MR) is 83.7 cm³/mol. The Balaban J connectivity index is 1.84. The summed E-state index contributed by atoms with van der Waals surface area (Å²) < 4.78 is 5.21. The lowest BCUT2D eigenvalue weighted by Gasteiger charge is -2.22. The number of hydrogen-bond acceptors (Lipinski definition) is 3. The van der Waals surface area contributed by atoms with Crippen molar-refractivity contribution in [2.75, 3.05) is 13.7 Å². The number of methoxy groups -OCH3 is 1. The smallest absolute Gasteiger partial charge is 0.118 e. The molecule has 0 radical (unpaired) electrons. The maximum Gasteiger partial charge on any atom is 0.118 e. The van der Waals surface area contributed by atoms with E-state index in [4.69, 9.17) is 10.5 Å². The molecule has 0 amide bonds. The van der Waals surface area contributed by atoms with E-state index in [-0.39, 0.29) is 0 Å². The van der Waals surface area contributed by atoms with Crippen molar-refractivity contribution in [2.24, 2.45) is 5.73 Å². The molecule has 1 unspecified atom stereocenters. The molecule has 21 heavy (non-hydrogen) atoms. The Labute approximate surface area is 125 Å². The first-order chi connectivity index (χ1) is 10.3. The number of ether oxygens (including phenoxy) is 1. The molecule has 112 valence electrons. The van der Waals surface area contributed by atoms with Crippen molar-refractivity contribution < 1.29 is 4.74 Å². The lowest BCUT2D eigenvalue weighted by molar-refractivity contribution is 0.414. The molecule has 3 N–H and O–H groups in total. The summed E-state index contributed by atoms with van der Waals surface area (Å²) in [5.74, 6) is 1.47. The largest absolute Gasteiger partial charge is 0.497 e. The zero-order valence-corrected chi connectivity index (χ0v) is 12.6. The predicted octanol–water partition coefficient (Wildman–Crippen LogP) is 2.78. The number of fused-ring (bicyclic) bond motifs is 1. The third-order valence-electron chi connectivity index (χ3n) is 4.40. The van der Waals surface area contributed by atoms with Crippen LogP contribution in [-0.4, -0.2) is 23.9 Å². The highest BCUT2D eigenvalue weighted by Crippen LogP contribution is 2.35.